The van der Waals surface area contributed by atoms with Crippen LogP contribution in [0, 0.1) is 11.6 Å². The minimum atomic E-state index is -0.684. The van der Waals surface area contributed by atoms with Gasteiger partial charge in [-0.2, -0.15) is 0 Å². The number of rotatable bonds is 1. The van der Waals surface area contributed by atoms with Crippen LogP contribution in [0.1, 0.15) is 20.8 Å². The minimum absolute atomic E-state index is 0.169. The quantitative estimate of drug-likeness (QED) is 0.699. The summed E-state index contributed by atoms with van der Waals surface area (Å²) in [6, 6.07) is 2.31. The van der Waals surface area contributed by atoms with E-state index in [-0.39, 0.29) is 9.17 Å². The van der Waals surface area contributed by atoms with Crippen molar-refractivity contribution < 1.29 is 18.3 Å². The highest BCUT2D eigenvalue weighted by Gasteiger charge is 2.19. The molecule has 3 nitrogen and oxygen atoms in total. The predicted molar refractivity (Wildman–Crippen MR) is 79.3 cm³/mol. The van der Waals surface area contributed by atoms with E-state index in [0.717, 1.165) is 17.4 Å². The van der Waals surface area contributed by atoms with Gasteiger partial charge in [-0.3, -0.25) is 5.32 Å². The Bertz CT molecular complexity index is 679. The van der Waals surface area contributed by atoms with Gasteiger partial charge in [0.05, 0.1) is 14.2 Å². The number of thiophene rings is 1. The molecule has 0 fully saturated rings. The van der Waals surface area contributed by atoms with Crippen LogP contribution in [0.4, 0.5) is 18.6 Å². The molecule has 0 radical (unpaired) electrons. The maximum absolute atomic E-state index is 13.7. The maximum Gasteiger partial charge on any atom is 0.412 e. The average Bonchev–Trinajstić information content (AvgIpc) is 2.67. The van der Waals surface area contributed by atoms with E-state index in [2.05, 4.69) is 21.2 Å². The maximum atomic E-state index is 13.7. The molecule has 1 aromatic heterocycles. The van der Waals surface area contributed by atoms with Crippen molar-refractivity contribution in [1.82, 2.24) is 0 Å². The Kier molecular flexibility index (Phi) is 4.02. The van der Waals surface area contributed by atoms with Crippen LogP contribution in [0.5, 0.6) is 0 Å². The van der Waals surface area contributed by atoms with Crippen molar-refractivity contribution in [2.45, 2.75) is 26.4 Å². The number of hydrogen-bond acceptors (Lipinski definition) is 3. The average molecular weight is 364 g/mol. The van der Waals surface area contributed by atoms with Gasteiger partial charge in [0.2, 0.25) is 0 Å². The molecule has 1 amide bonds. The summed E-state index contributed by atoms with van der Waals surface area (Å²) in [6.07, 6.45) is -0.638. The van der Waals surface area contributed by atoms with E-state index in [0.29, 0.717) is 10.4 Å². The van der Waals surface area contributed by atoms with Crippen LogP contribution < -0.4 is 5.32 Å². The van der Waals surface area contributed by atoms with Crippen LogP contribution in [0.2, 0.25) is 0 Å². The van der Waals surface area contributed by atoms with E-state index in [1.54, 1.807) is 20.8 Å². The van der Waals surface area contributed by atoms with Gasteiger partial charge in [0.1, 0.15) is 17.2 Å². The normalized spacial score (nSPS) is 11.7. The first-order valence-corrected chi connectivity index (χ1v) is 7.35. The standard InChI is InChI=1S/C13H12BrF2NO2S/c1-13(2,3)19-12(18)17-9-4-6-10(14)7(15)5-8(16)11(6)20-9/h4-5H,1-3H3,(H,17,18). The molecule has 0 unspecified atom stereocenters. The lowest BCUT2D eigenvalue weighted by Gasteiger charge is -2.19. The van der Waals surface area contributed by atoms with Gasteiger partial charge in [-0.1, -0.05) is 0 Å². The lowest BCUT2D eigenvalue weighted by Crippen LogP contribution is -2.26. The number of carbonyl (C=O) groups is 1. The van der Waals surface area contributed by atoms with Gasteiger partial charge in [0.25, 0.3) is 0 Å². The van der Waals surface area contributed by atoms with Crippen molar-refractivity contribution in [3.05, 3.63) is 28.2 Å². The fourth-order valence-electron chi connectivity index (χ4n) is 1.57. The number of amides is 1. The summed E-state index contributed by atoms with van der Waals surface area (Å²) in [5, 5.41) is 3.27. The molecule has 1 aromatic carbocycles. The largest absolute Gasteiger partial charge is 0.444 e. The van der Waals surface area contributed by atoms with Gasteiger partial charge in [-0.05, 0) is 42.8 Å². The first kappa shape index (κ1) is 15.2. The molecule has 7 heteroatoms. The zero-order chi connectivity index (χ0) is 15.1. The summed E-state index contributed by atoms with van der Waals surface area (Å²) < 4.78 is 32.6. The number of benzene rings is 1. The summed E-state index contributed by atoms with van der Waals surface area (Å²) in [7, 11) is 0. The number of nitrogens with one attached hydrogen (secondary N) is 1. The number of carbonyl (C=O) groups excluding carboxylic acids is 1. The number of anilines is 1. The fraction of sp³-hybridized carbons (Fsp3) is 0.308. The third-order valence-corrected chi connectivity index (χ3v) is 4.14. The highest BCUT2D eigenvalue weighted by molar-refractivity contribution is 9.10. The minimum Gasteiger partial charge on any atom is -0.444 e. The van der Waals surface area contributed by atoms with Crippen molar-refractivity contribution in [1.29, 1.82) is 0 Å². The van der Waals surface area contributed by atoms with E-state index >= 15 is 0 Å². The Labute approximate surface area is 127 Å². The molecule has 0 saturated carbocycles. The van der Waals surface area contributed by atoms with Crippen molar-refractivity contribution in [2.24, 2.45) is 0 Å². The third kappa shape index (κ3) is 3.27. The van der Waals surface area contributed by atoms with Crippen molar-refractivity contribution >= 4 is 48.4 Å². The van der Waals surface area contributed by atoms with Gasteiger partial charge in [-0.15, -0.1) is 11.3 Å². The lowest BCUT2D eigenvalue weighted by molar-refractivity contribution is 0.0636. The van der Waals surface area contributed by atoms with Gasteiger partial charge in [0.15, 0.2) is 0 Å². The van der Waals surface area contributed by atoms with Crippen LogP contribution in [-0.4, -0.2) is 11.7 Å². The second kappa shape index (κ2) is 5.29. The summed E-state index contributed by atoms with van der Waals surface area (Å²) in [4.78, 5) is 11.6. The molecule has 0 aliphatic rings. The lowest BCUT2D eigenvalue weighted by atomic mass is 10.2. The summed E-state index contributed by atoms with van der Waals surface area (Å²) in [6.45, 7) is 5.22. The van der Waals surface area contributed by atoms with E-state index in [9.17, 15) is 13.6 Å². The van der Waals surface area contributed by atoms with Gasteiger partial charge in [0, 0.05) is 11.5 Å². The van der Waals surface area contributed by atoms with Crippen LogP contribution in [-0.2, 0) is 4.74 Å². The molecule has 0 spiro atoms. The molecule has 1 heterocycles. The SMILES string of the molecule is CC(C)(C)OC(=O)Nc1cc2c(Br)c(F)cc(F)c2s1. The van der Waals surface area contributed by atoms with Crippen molar-refractivity contribution in [2.75, 3.05) is 5.32 Å². The molecule has 20 heavy (non-hydrogen) atoms. The highest BCUT2D eigenvalue weighted by atomic mass is 79.9. The molecule has 108 valence electrons. The highest BCUT2D eigenvalue weighted by Crippen LogP contribution is 2.37. The van der Waals surface area contributed by atoms with Crippen LogP contribution in [0.3, 0.4) is 0 Å². The zero-order valence-electron chi connectivity index (χ0n) is 11.0. The predicted octanol–water partition coefficient (Wildman–Crippen LogP) is 5.29. The Morgan fingerprint density at radius 2 is 1.95 bits per heavy atom. The molecule has 0 atom stereocenters. The van der Waals surface area contributed by atoms with Crippen LogP contribution in [0.15, 0.2) is 16.6 Å². The molecule has 0 saturated heterocycles. The molecule has 0 aliphatic heterocycles. The Balaban J connectivity index is 2.31. The molecule has 0 bridgehead atoms. The summed E-state index contributed by atoms with van der Waals surface area (Å²) >= 11 is 4.08. The van der Waals surface area contributed by atoms with E-state index in [1.807, 2.05) is 0 Å². The molecule has 2 aromatic rings. The van der Waals surface area contributed by atoms with Crippen molar-refractivity contribution in [3.63, 3.8) is 0 Å². The number of fused-ring (bicyclic) bond motifs is 1. The molecule has 1 N–H and O–H groups in total. The van der Waals surface area contributed by atoms with Gasteiger partial charge < -0.3 is 4.74 Å². The first-order chi connectivity index (χ1) is 9.17. The van der Waals surface area contributed by atoms with Gasteiger partial charge >= 0.3 is 6.09 Å². The van der Waals surface area contributed by atoms with Crippen molar-refractivity contribution in [3.8, 4) is 0 Å². The van der Waals surface area contributed by atoms with E-state index < -0.39 is 23.3 Å². The van der Waals surface area contributed by atoms with Crippen LogP contribution >= 0.6 is 27.3 Å². The second-order valence-electron chi connectivity index (χ2n) is 5.13. The van der Waals surface area contributed by atoms with E-state index in [1.165, 1.54) is 6.07 Å². The topological polar surface area (TPSA) is 38.3 Å². The fourth-order valence-corrected chi connectivity index (χ4v) is 3.08. The number of ether oxygens (including phenoxy) is 1. The molecule has 0 aliphatic carbocycles. The Morgan fingerprint density at radius 3 is 2.55 bits per heavy atom. The van der Waals surface area contributed by atoms with E-state index in [4.69, 9.17) is 4.74 Å². The first-order valence-electron chi connectivity index (χ1n) is 5.74. The number of hydrogen-bond donors (Lipinski definition) is 1. The Morgan fingerprint density at radius 1 is 1.30 bits per heavy atom. The molecular weight excluding hydrogens is 352 g/mol. The third-order valence-electron chi connectivity index (χ3n) is 2.27. The van der Waals surface area contributed by atoms with Crippen LogP contribution in [0.25, 0.3) is 10.1 Å². The smallest absolute Gasteiger partial charge is 0.412 e. The monoisotopic (exact) mass is 363 g/mol. The molecule has 2 rings (SSSR count). The zero-order valence-corrected chi connectivity index (χ0v) is 13.4. The van der Waals surface area contributed by atoms with Gasteiger partial charge in [-0.25, -0.2) is 13.6 Å². The summed E-state index contributed by atoms with van der Waals surface area (Å²) in [5.74, 6) is -1.35. The molecular formula is C13H12BrF2NO2S. The summed E-state index contributed by atoms with van der Waals surface area (Å²) in [5.41, 5.74) is -0.626. The number of halogens is 3. The second-order valence-corrected chi connectivity index (χ2v) is 6.98. The Hall–Kier alpha value is -1.21.